The fourth-order valence-electron chi connectivity index (χ4n) is 3.07. The monoisotopic (exact) mass is 330 g/mol. The zero-order valence-corrected chi connectivity index (χ0v) is 14.4. The predicted octanol–water partition coefficient (Wildman–Crippen LogP) is -1.05. The van der Waals surface area contributed by atoms with E-state index in [1.165, 1.54) is 21.6 Å². The van der Waals surface area contributed by atoms with Crippen molar-refractivity contribution in [1.29, 1.82) is 5.26 Å². The number of likely N-dealkylation sites (N-methyl/N-ethyl adjacent to an activating group) is 1. The molecule has 0 unspecified atom stereocenters. The standard InChI is InChI=1S/C17H20N4OS/c1-19-7-9-21(10-8-19)12-15(22)13(11-18)17-20(2)14-5-3-4-6-16(14)23-17/h3-6H,7-10,12H2,1-2H3/p+2/b17-13-. The highest BCUT2D eigenvalue weighted by Gasteiger charge is 2.30. The number of nitrogens with one attached hydrogen (secondary N) is 2. The first-order valence-electron chi connectivity index (χ1n) is 7.93. The highest BCUT2D eigenvalue weighted by Crippen LogP contribution is 2.45. The van der Waals surface area contributed by atoms with Gasteiger partial charge < -0.3 is 14.7 Å². The molecule has 1 fully saturated rings. The van der Waals surface area contributed by atoms with Gasteiger partial charge in [0.25, 0.3) is 0 Å². The van der Waals surface area contributed by atoms with E-state index in [9.17, 15) is 10.1 Å². The molecule has 23 heavy (non-hydrogen) atoms. The van der Waals surface area contributed by atoms with Crippen molar-refractivity contribution in [3.05, 3.63) is 34.9 Å². The quantitative estimate of drug-likeness (QED) is 0.548. The van der Waals surface area contributed by atoms with Gasteiger partial charge in [0, 0.05) is 11.9 Å². The van der Waals surface area contributed by atoms with E-state index in [0.29, 0.717) is 12.1 Å². The zero-order valence-electron chi connectivity index (χ0n) is 13.6. The molecule has 0 atom stereocenters. The van der Waals surface area contributed by atoms with E-state index < -0.39 is 0 Å². The van der Waals surface area contributed by atoms with Crippen LogP contribution in [0.1, 0.15) is 0 Å². The second-order valence-corrected chi connectivity index (χ2v) is 7.26. The first-order chi connectivity index (χ1) is 11.1. The Bertz CT molecular complexity index is 686. The van der Waals surface area contributed by atoms with Crippen LogP contribution in [0.25, 0.3) is 0 Å². The van der Waals surface area contributed by atoms with Crippen LogP contribution in [0.3, 0.4) is 0 Å². The summed E-state index contributed by atoms with van der Waals surface area (Å²) in [6, 6.07) is 10.2. The van der Waals surface area contributed by atoms with Crippen LogP contribution >= 0.6 is 11.8 Å². The average Bonchev–Trinajstić information content (AvgIpc) is 2.88. The molecule has 1 aromatic rings. The van der Waals surface area contributed by atoms with Crippen molar-refractivity contribution in [3.63, 3.8) is 0 Å². The first-order valence-corrected chi connectivity index (χ1v) is 8.75. The third-order valence-electron chi connectivity index (χ3n) is 4.56. The van der Waals surface area contributed by atoms with Crippen molar-refractivity contribution >= 4 is 23.2 Å². The van der Waals surface area contributed by atoms with Gasteiger partial charge in [-0.2, -0.15) is 5.26 Å². The number of fused-ring (bicyclic) bond motifs is 1. The number of anilines is 1. The van der Waals surface area contributed by atoms with Crippen LogP contribution in [-0.2, 0) is 4.79 Å². The summed E-state index contributed by atoms with van der Waals surface area (Å²) in [5.41, 5.74) is 1.36. The maximum absolute atomic E-state index is 12.7. The largest absolute Gasteiger partial charge is 0.337 e. The Morgan fingerprint density at radius 2 is 2.00 bits per heavy atom. The van der Waals surface area contributed by atoms with E-state index in [-0.39, 0.29) is 5.78 Å². The molecule has 0 aromatic heterocycles. The summed E-state index contributed by atoms with van der Waals surface area (Å²) >= 11 is 1.52. The number of carbonyl (C=O) groups excluding carboxylic acids is 1. The molecule has 6 heteroatoms. The smallest absolute Gasteiger partial charge is 0.230 e. The minimum atomic E-state index is -0.0378. The summed E-state index contributed by atoms with van der Waals surface area (Å²) in [7, 11) is 4.10. The van der Waals surface area contributed by atoms with Gasteiger partial charge in [0.1, 0.15) is 49.4 Å². The van der Waals surface area contributed by atoms with Crippen molar-refractivity contribution in [3.8, 4) is 6.07 Å². The summed E-state index contributed by atoms with van der Waals surface area (Å²) < 4.78 is 0. The molecule has 2 N–H and O–H groups in total. The maximum Gasteiger partial charge on any atom is 0.230 e. The van der Waals surface area contributed by atoms with Crippen LogP contribution in [0.2, 0.25) is 0 Å². The molecule has 0 saturated carbocycles. The molecule has 120 valence electrons. The molecule has 2 heterocycles. The highest BCUT2D eigenvalue weighted by atomic mass is 32.2. The van der Waals surface area contributed by atoms with E-state index in [4.69, 9.17) is 0 Å². The number of hydrogen-bond donors (Lipinski definition) is 2. The number of nitriles is 1. The molecule has 0 radical (unpaired) electrons. The van der Waals surface area contributed by atoms with Gasteiger partial charge in [-0.1, -0.05) is 23.9 Å². The molecular formula is C17H22N4OS+2. The molecule has 3 rings (SSSR count). The van der Waals surface area contributed by atoms with Crippen molar-refractivity contribution in [2.24, 2.45) is 0 Å². The summed E-state index contributed by atoms with van der Waals surface area (Å²) in [6.07, 6.45) is 0. The van der Waals surface area contributed by atoms with Crippen LogP contribution in [0, 0.1) is 11.3 Å². The number of thioether (sulfide) groups is 1. The Kier molecular flexibility index (Phi) is 4.71. The number of rotatable bonds is 3. The Balaban J connectivity index is 1.78. The van der Waals surface area contributed by atoms with Gasteiger partial charge in [0.15, 0.2) is 0 Å². The number of piperazine rings is 1. The molecule has 5 nitrogen and oxygen atoms in total. The Labute approximate surface area is 141 Å². The van der Waals surface area contributed by atoms with Crippen molar-refractivity contribution in [1.82, 2.24) is 0 Å². The molecule has 2 aliphatic rings. The number of carbonyl (C=O) groups is 1. The Hall–Kier alpha value is -1.81. The van der Waals surface area contributed by atoms with Gasteiger partial charge >= 0.3 is 0 Å². The molecule has 0 amide bonds. The van der Waals surface area contributed by atoms with Crippen LogP contribution in [0.15, 0.2) is 39.8 Å². The highest BCUT2D eigenvalue weighted by molar-refractivity contribution is 8.03. The molecule has 2 aliphatic heterocycles. The SMILES string of the molecule is CN1/C(=C(\C#N)C(=O)C[NH+]2CC[NH+](C)CC2)Sc2ccccc21. The van der Waals surface area contributed by atoms with Crippen molar-refractivity contribution in [2.45, 2.75) is 4.90 Å². The fraction of sp³-hybridized carbons (Fsp3) is 0.412. The normalized spacial score (nSPS) is 25.7. The van der Waals surface area contributed by atoms with Gasteiger partial charge in [0.05, 0.1) is 12.7 Å². The van der Waals surface area contributed by atoms with Gasteiger partial charge in [-0.15, -0.1) is 0 Å². The lowest BCUT2D eigenvalue weighted by molar-refractivity contribution is -0.999. The van der Waals surface area contributed by atoms with Crippen molar-refractivity contribution < 1.29 is 14.6 Å². The van der Waals surface area contributed by atoms with E-state index in [1.54, 1.807) is 0 Å². The van der Waals surface area contributed by atoms with Gasteiger partial charge in [-0.05, 0) is 12.1 Å². The van der Waals surface area contributed by atoms with Gasteiger partial charge in [-0.3, -0.25) is 4.79 Å². The average molecular weight is 330 g/mol. The third-order valence-corrected chi connectivity index (χ3v) is 5.80. The Morgan fingerprint density at radius 3 is 2.65 bits per heavy atom. The van der Waals surface area contributed by atoms with E-state index in [0.717, 1.165) is 41.8 Å². The first kappa shape index (κ1) is 16.1. The molecule has 1 saturated heterocycles. The second kappa shape index (κ2) is 6.75. The van der Waals surface area contributed by atoms with Crippen LogP contribution in [0.4, 0.5) is 5.69 Å². The minimum Gasteiger partial charge on any atom is -0.337 e. The molecule has 1 aromatic carbocycles. The van der Waals surface area contributed by atoms with Gasteiger partial charge in [0.2, 0.25) is 5.78 Å². The van der Waals surface area contributed by atoms with E-state index >= 15 is 0 Å². The number of hydrogen-bond acceptors (Lipinski definition) is 4. The summed E-state index contributed by atoms with van der Waals surface area (Å²) in [5.74, 6) is -0.0378. The summed E-state index contributed by atoms with van der Waals surface area (Å²) in [4.78, 5) is 18.5. The maximum atomic E-state index is 12.7. The second-order valence-electron chi connectivity index (χ2n) is 6.23. The van der Waals surface area contributed by atoms with Crippen LogP contribution < -0.4 is 14.7 Å². The lowest BCUT2D eigenvalue weighted by Crippen LogP contribution is -3.27. The minimum absolute atomic E-state index is 0.0378. The predicted molar refractivity (Wildman–Crippen MR) is 90.5 cm³/mol. The fourth-order valence-corrected chi connectivity index (χ4v) is 4.23. The summed E-state index contributed by atoms with van der Waals surface area (Å²) in [6.45, 7) is 4.58. The lowest BCUT2D eigenvalue weighted by Gasteiger charge is -2.26. The number of para-hydroxylation sites is 1. The van der Waals surface area contributed by atoms with Crippen LogP contribution in [-0.4, -0.2) is 52.6 Å². The number of ketones is 1. The third kappa shape index (κ3) is 3.27. The molecule has 0 bridgehead atoms. The summed E-state index contributed by atoms with van der Waals surface area (Å²) in [5, 5.41) is 10.3. The number of quaternary nitrogens is 2. The molecule has 0 spiro atoms. The zero-order chi connectivity index (χ0) is 16.4. The lowest BCUT2D eigenvalue weighted by atomic mass is 10.1. The van der Waals surface area contributed by atoms with Crippen LogP contribution in [0.5, 0.6) is 0 Å². The Morgan fingerprint density at radius 1 is 1.30 bits per heavy atom. The number of Topliss-reactive ketones (excluding diaryl/α,β-unsaturated/α-hetero) is 1. The number of benzene rings is 1. The van der Waals surface area contributed by atoms with E-state index in [2.05, 4.69) is 13.1 Å². The number of nitrogens with zero attached hydrogens (tertiary/aromatic N) is 2. The molecule has 0 aliphatic carbocycles. The topological polar surface area (TPSA) is 53.0 Å². The molecular weight excluding hydrogens is 308 g/mol. The van der Waals surface area contributed by atoms with Gasteiger partial charge in [-0.25, -0.2) is 0 Å². The van der Waals surface area contributed by atoms with Crippen molar-refractivity contribution in [2.75, 3.05) is 51.7 Å². The van der Waals surface area contributed by atoms with E-state index in [1.807, 2.05) is 36.2 Å².